The second-order valence-corrected chi connectivity index (χ2v) is 3.95. The molecule has 0 unspecified atom stereocenters. The monoisotopic (exact) mass is 220 g/mol. The minimum absolute atomic E-state index is 0.0488. The Morgan fingerprint density at radius 1 is 1.56 bits per heavy atom. The molecule has 0 radical (unpaired) electrons. The standard InChI is InChI=1S/C11H12N2O3/c1-6(2)10-13-8-3-7(4-9(14)15)5-12-11(8)16-10/h3,5-6H,4H2,1-2H3,(H,14,15). The minimum Gasteiger partial charge on any atom is -0.481 e. The summed E-state index contributed by atoms with van der Waals surface area (Å²) >= 11 is 0. The van der Waals surface area contributed by atoms with Crippen molar-refractivity contribution in [2.45, 2.75) is 26.2 Å². The summed E-state index contributed by atoms with van der Waals surface area (Å²) in [7, 11) is 0. The third kappa shape index (κ3) is 2.03. The molecule has 1 N–H and O–H groups in total. The average molecular weight is 220 g/mol. The topological polar surface area (TPSA) is 76.2 Å². The van der Waals surface area contributed by atoms with Gasteiger partial charge < -0.3 is 9.52 Å². The van der Waals surface area contributed by atoms with E-state index in [-0.39, 0.29) is 12.3 Å². The van der Waals surface area contributed by atoms with Crippen molar-refractivity contribution >= 4 is 17.2 Å². The highest BCUT2D eigenvalue weighted by Gasteiger charge is 2.11. The molecule has 2 heterocycles. The Morgan fingerprint density at radius 3 is 2.94 bits per heavy atom. The number of nitrogens with zero attached hydrogens (tertiary/aromatic N) is 2. The molecule has 84 valence electrons. The number of fused-ring (bicyclic) bond motifs is 1. The van der Waals surface area contributed by atoms with Gasteiger partial charge in [0.25, 0.3) is 0 Å². The van der Waals surface area contributed by atoms with Crippen molar-refractivity contribution in [1.82, 2.24) is 9.97 Å². The molecule has 2 aromatic heterocycles. The molecular formula is C11H12N2O3. The molecule has 0 amide bonds. The Labute approximate surface area is 92.1 Å². The molecule has 16 heavy (non-hydrogen) atoms. The van der Waals surface area contributed by atoms with Crippen LogP contribution in [0.25, 0.3) is 11.2 Å². The van der Waals surface area contributed by atoms with Gasteiger partial charge in [-0.3, -0.25) is 4.79 Å². The Morgan fingerprint density at radius 2 is 2.31 bits per heavy atom. The zero-order valence-electron chi connectivity index (χ0n) is 9.10. The van der Waals surface area contributed by atoms with Gasteiger partial charge in [-0.25, -0.2) is 9.97 Å². The SMILES string of the molecule is CC(C)c1nc2cc(CC(=O)O)cnc2o1. The van der Waals surface area contributed by atoms with Gasteiger partial charge in [-0.2, -0.15) is 0 Å². The smallest absolute Gasteiger partial charge is 0.307 e. The first kappa shape index (κ1) is 10.6. The lowest BCUT2D eigenvalue weighted by Gasteiger charge is -1.93. The van der Waals surface area contributed by atoms with E-state index in [2.05, 4.69) is 9.97 Å². The molecule has 2 aromatic rings. The van der Waals surface area contributed by atoms with Crippen molar-refractivity contribution in [3.8, 4) is 0 Å². The Bertz CT molecular complexity index is 531. The van der Waals surface area contributed by atoms with Crippen molar-refractivity contribution < 1.29 is 14.3 Å². The summed E-state index contributed by atoms with van der Waals surface area (Å²) in [4.78, 5) is 18.8. The zero-order valence-corrected chi connectivity index (χ0v) is 9.10. The molecule has 2 rings (SSSR count). The number of carbonyl (C=O) groups is 1. The highest BCUT2D eigenvalue weighted by Crippen LogP contribution is 2.20. The number of oxazole rings is 1. The maximum Gasteiger partial charge on any atom is 0.307 e. The molecule has 5 nitrogen and oxygen atoms in total. The number of carboxylic acids is 1. The van der Waals surface area contributed by atoms with Crippen LogP contribution in [0.5, 0.6) is 0 Å². The van der Waals surface area contributed by atoms with Gasteiger partial charge in [-0.1, -0.05) is 13.8 Å². The van der Waals surface area contributed by atoms with E-state index >= 15 is 0 Å². The van der Waals surface area contributed by atoms with E-state index in [4.69, 9.17) is 9.52 Å². The fourth-order valence-corrected chi connectivity index (χ4v) is 1.40. The summed E-state index contributed by atoms with van der Waals surface area (Å²) in [6.45, 7) is 3.95. The van der Waals surface area contributed by atoms with Crippen LogP contribution in [0, 0.1) is 0 Å². The predicted octanol–water partition coefficient (Wildman–Crippen LogP) is 1.97. The van der Waals surface area contributed by atoms with E-state index in [0.717, 1.165) is 0 Å². The molecular weight excluding hydrogens is 208 g/mol. The maximum atomic E-state index is 10.5. The van der Waals surface area contributed by atoms with Gasteiger partial charge in [0.1, 0.15) is 5.52 Å². The number of hydrogen-bond donors (Lipinski definition) is 1. The lowest BCUT2D eigenvalue weighted by molar-refractivity contribution is -0.136. The van der Waals surface area contributed by atoms with E-state index in [1.807, 2.05) is 13.8 Å². The third-order valence-corrected chi connectivity index (χ3v) is 2.17. The molecule has 0 spiro atoms. The molecule has 0 saturated heterocycles. The van der Waals surface area contributed by atoms with Crippen molar-refractivity contribution in [3.05, 3.63) is 23.7 Å². The summed E-state index contributed by atoms with van der Waals surface area (Å²) in [5, 5.41) is 8.66. The summed E-state index contributed by atoms with van der Waals surface area (Å²) in [6, 6.07) is 1.70. The first-order valence-electron chi connectivity index (χ1n) is 5.03. The van der Waals surface area contributed by atoms with Crippen molar-refractivity contribution in [2.24, 2.45) is 0 Å². The van der Waals surface area contributed by atoms with Crippen LogP contribution in [0.3, 0.4) is 0 Å². The molecule has 0 fully saturated rings. The second-order valence-electron chi connectivity index (χ2n) is 3.95. The number of carboxylic acid groups (broad SMARTS) is 1. The fraction of sp³-hybridized carbons (Fsp3) is 0.364. The molecule has 0 atom stereocenters. The summed E-state index contributed by atoms with van der Waals surface area (Å²) in [5.41, 5.74) is 1.70. The molecule has 0 aliphatic rings. The van der Waals surface area contributed by atoms with Crippen molar-refractivity contribution in [3.63, 3.8) is 0 Å². The predicted molar refractivity (Wildman–Crippen MR) is 57.2 cm³/mol. The second kappa shape index (κ2) is 3.92. The van der Waals surface area contributed by atoms with Crippen LogP contribution in [-0.2, 0) is 11.2 Å². The normalized spacial score (nSPS) is 11.2. The highest BCUT2D eigenvalue weighted by molar-refractivity contribution is 5.74. The van der Waals surface area contributed by atoms with E-state index in [1.165, 1.54) is 6.20 Å². The number of hydrogen-bond acceptors (Lipinski definition) is 4. The van der Waals surface area contributed by atoms with E-state index in [1.54, 1.807) is 6.07 Å². The number of aromatic nitrogens is 2. The lowest BCUT2D eigenvalue weighted by Crippen LogP contribution is -2.00. The zero-order chi connectivity index (χ0) is 11.7. The highest BCUT2D eigenvalue weighted by atomic mass is 16.4. The maximum absolute atomic E-state index is 10.5. The lowest BCUT2D eigenvalue weighted by atomic mass is 10.2. The van der Waals surface area contributed by atoms with Crippen LogP contribution < -0.4 is 0 Å². The summed E-state index contributed by atoms with van der Waals surface area (Å²) in [5.74, 6) is -0.0687. The average Bonchev–Trinajstić information content (AvgIpc) is 2.59. The van der Waals surface area contributed by atoms with Crippen LogP contribution in [0.4, 0.5) is 0 Å². The molecule has 0 saturated carbocycles. The Balaban J connectivity index is 2.41. The van der Waals surface area contributed by atoms with Gasteiger partial charge in [-0.15, -0.1) is 0 Å². The van der Waals surface area contributed by atoms with Gasteiger partial charge in [-0.05, 0) is 11.6 Å². The number of pyridine rings is 1. The Kier molecular flexibility index (Phi) is 2.60. The minimum atomic E-state index is -0.881. The Hall–Kier alpha value is -1.91. The largest absolute Gasteiger partial charge is 0.481 e. The first-order chi connectivity index (χ1) is 7.56. The molecule has 0 aliphatic carbocycles. The third-order valence-electron chi connectivity index (χ3n) is 2.17. The van der Waals surface area contributed by atoms with Gasteiger partial charge in [0.15, 0.2) is 5.89 Å². The van der Waals surface area contributed by atoms with Crippen LogP contribution in [-0.4, -0.2) is 21.0 Å². The van der Waals surface area contributed by atoms with Gasteiger partial charge in [0.05, 0.1) is 6.42 Å². The van der Waals surface area contributed by atoms with Crippen LogP contribution in [0.1, 0.15) is 31.2 Å². The van der Waals surface area contributed by atoms with Crippen molar-refractivity contribution in [2.75, 3.05) is 0 Å². The van der Waals surface area contributed by atoms with Crippen LogP contribution in [0.2, 0.25) is 0 Å². The molecule has 0 aliphatic heterocycles. The van der Waals surface area contributed by atoms with Gasteiger partial charge >= 0.3 is 5.97 Å². The molecule has 5 heteroatoms. The van der Waals surface area contributed by atoms with E-state index < -0.39 is 5.97 Å². The molecule has 0 bridgehead atoms. The quantitative estimate of drug-likeness (QED) is 0.855. The van der Waals surface area contributed by atoms with E-state index in [9.17, 15) is 4.79 Å². The van der Waals surface area contributed by atoms with Gasteiger partial charge in [0, 0.05) is 12.1 Å². The van der Waals surface area contributed by atoms with Crippen molar-refractivity contribution in [1.29, 1.82) is 0 Å². The fourth-order valence-electron chi connectivity index (χ4n) is 1.40. The van der Waals surface area contributed by atoms with E-state index in [0.29, 0.717) is 22.7 Å². The summed E-state index contributed by atoms with van der Waals surface area (Å²) < 4.78 is 5.42. The van der Waals surface area contributed by atoms with Crippen LogP contribution in [0.15, 0.2) is 16.7 Å². The summed E-state index contributed by atoms with van der Waals surface area (Å²) in [6.07, 6.45) is 1.46. The first-order valence-corrected chi connectivity index (χ1v) is 5.03. The van der Waals surface area contributed by atoms with Gasteiger partial charge in [0.2, 0.25) is 5.71 Å². The molecule has 0 aromatic carbocycles. The van der Waals surface area contributed by atoms with Crippen LogP contribution >= 0.6 is 0 Å². The number of rotatable bonds is 3. The number of aliphatic carboxylic acids is 1.